The Kier molecular flexibility index (Phi) is 10.0. The number of methoxy groups -OCH3 is 1. The van der Waals surface area contributed by atoms with Crippen LogP contribution in [-0.2, 0) is 20.4 Å². The number of para-hydroxylation sites is 2. The van der Waals surface area contributed by atoms with E-state index in [-0.39, 0.29) is 31.9 Å². The van der Waals surface area contributed by atoms with E-state index >= 15 is 4.39 Å². The number of nitrogens with zero attached hydrogens (tertiary/aromatic N) is 4. The molecule has 0 aliphatic carbocycles. The van der Waals surface area contributed by atoms with Crippen molar-refractivity contribution in [3.63, 3.8) is 0 Å². The summed E-state index contributed by atoms with van der Waals surface area (Å²) in [6, 6.07) is 36.9. The van der Waals surface area contributed by atoms with Gasteiger partial charge in [-0.15, -0.1) is 18.2 Å². The SMILES string of the molecule is COc1ccnc(-c2[c-]c(Oc3[c-]c(N(C)c4ccccn4)cc(N(c4ccccc4)c4ccccc4)c3)c(F)c(F)c2F)c1.[Pd+2]. The minimum atomic E-state index is -1.72. The number of pyridine rings is 2. The summed E-state index contributed by atoms with van der Waals surface area (Å²) < 4.78 is 56.3. The molecule has 0 atom stereocenters. The third kappa shape index (κ3) is 6.74. The van der Waals surface area contributed by atoms with E-state index in [9.17, 15) is 8.78 Å². The van der Waals surface area contributed by atoms with Crippen molar-refractivity contribution in [3.8, 4) is 28.5 Å². The molecule has 0 saturated heterocycles. The predicted molar refractivity (Wildman–Crippen MR) is 167 cm³/mol. The molecule has 6 aromatic rings. The second-order valence-electron chi connectivity index (χ2n) is 9.80. The monoisotopic (exact) mass is 708 g/mol. The van der Waals surface area contributed by atoms with Crippen molar-refractivity contribution in [2.75, 3.05) is 24.0 Å². The van der Waals surface area contributed by atoms with Crippen LogP contribution in [0, 0.1) is 29.6 Å². The predicted octanol–water partition coefficient (Wildman–Crippen LogP) is 9.20. The van der Waals surface area contributed by atoms with Crippen molar-refractivity contribution >= 4 is 28.6 Å². The van der Waals surface area contributed by atoms with Crippen LogP contribution in [0.3, 0.4) is 0 Å². The molecule has 0 saturated carbocycles. The Hall–Kier alpha value is -5.17. The van der Waals surface area contributed by atoms with Gasteiger partial charge >= 0.3 is 20.4 Å². The van der Waals surface area contributed by atoms with Crippen LogP contribution in [0.4, 0.5) is 41.7 Å². The van der Waals surface area contributed by atoms with Gasteiger partial charge in [0.2, 0.25) is 0 Å². The van der Waals surface area contributed by atoms with Crippen LogP contribution in [0.5, 0.6) is 17.2 Å². The van der Waals surface area contributed by atoms with Gasteiger partial charge in [-0.1, -0.05) is 65.5 Å². The van der Waals surface area contributed by atoms with E-state index in [4.69, 9.17) is 9.47 Å². The van der Waals surface area contributed by atoms with E-state index in [1.165, 1.54) is 19.4 Å². The molecule has 2 aromatic heterocycles. The molecule has 0 aliphatic rings. The van der Waals surface area contributed by atoms with Crippen LogP contribution in [0.15, 0.2) is 116 Å². The first-order valence-electron chi connectivity index (χ1n) is 13.8. The maximum Gasteiger partial charge on any atom is 2.00 e. The number of ether oxygens (including phenoxy) is 2. The zero-order valence-corrected chi connectivity index (χ0v) is 26.1. The van der Waals surface area contributed by atoms with Gasteiger partial charge in [0.15, 0.2) is 0 Å². The van der Waals surface area contributed by atoms with Crippen LogP contribution in [0.1, 0.15) is 0 Å². The minimum absolute atomic E-state index is 0. The first-order valence-corrected chi connectivity index (χ1v) is 13.8. The third-order valence-corrected chi connectivity index (χ3v) is 6.93. The van der Waals surface area contributed by atoms with Crippen molar-refractivity contribution in [1.29, 1.82) is 0 Å². The van der Waals surface area contributed by atoms with Gasteiger partial charge in [-0.25, -0.2) is 9.37 Å². The number of halogens is 3. The van der Waals surface area contributed by atoms with Gasteiger partial charge in [-0.3, -0.25) is 8.78 Å². The molecule has 10 heteroatoms. The Bertz CT molecular complexity index is 1890. The number of hydrogen-bond acceptors (Lipinski definition) is 6. The smallest absolute Gasteiger partial charge is 0.500 e. The second-order valence-corrected chi connectivity index (χ2v) is 9.80. The summed E-state index contributed by atoms with van der Waals surface area (Å²) in [5, 5.41) is 0. The van der Waals surface area contributed by atoms with Gasteiger partial charge in [0.05, 0.1) is 18.7 Å². The molecule has 0 unspecified atom stereocenters. The van der Waals surface area contributed by atoms with E-state index in [1.54, 1.807) is 36.3 Å². The molecule has 4 aromatic carbocycles. The summed E-state index contributed by atoms with van der Waals surface area (Å²) in [5.41, 5.74) is 2.38. The average molecular weight is 709 g/mol. The zero-order chi connectivity index (χ0) is 31.3. The van der Waals surface area contributed by atoms with E-state index < -0.39 is 28.8 Å². The molecule has 0 amide bonds. The largest absolute Gasteiger partial charge is 2.00 e. The van der Waals surface area contributed by atoms with Gasteiger partial charge in [0.1, 0.15) is 23.2 Å². The summed E-state index contributed by atoms with van der Waals surface area (Å²) in [4.78, 5) is 12.3. The summed E-state index contributed by atoms with van der Waals surface area (Å²) in [6.45, 7) is 0. The van der Waals surface area contributed by atoms with Crippen molar-refractivity contribution in [1.82, 2.24) is 9.97 Å². The fraction of sp³-hybridized carbons (Fsp3) is 0.0556. The summed E-state index contributed by atoms with van der Waals surface area (Å²) in [5.74, 6) is -4.40. The number of anilines is 5. The Morgan fingerprint density at radius 3 is 1.98 bits per heavy atom. The van der Waals surface area contributed by atoms with Crippen molar-refractivity contribution < 1.29 is 43.1 Å². The summed E-state index contributed by atoms with van der Waals surface area (Å²) >= 11 is 0. The van der Waals surface area contributed by atoms with E-state index in [0.29, 0.717) is 22.9 Å². The topological polar surface area (TPSA) is 50.7 Å². The number of benzene rings is 4. The molecule has 0 fully saturated rings. The average Bonchev–Trinajstić information content (AvgIpc) is 3.09. The van der Waals surface area contributed by atoms with E-state index in [2.05, 4.69) is 22.1 Å². The van der Waals surface area contributed by atoms with Gasteiger partial charge in [0.25, 0.3) is 0 Å². The third-order valence-electron chi connectivity index (χ3n) is 6.93. The van der Waals surface area contributed by atoms with Crippen LogP contribution >= 0.6 is 0 Å². The molecule has 0 aliphatic heterocycles. The first kappa shape index (κ1) is 32.2. The fourth-order valence-electron chi connectivity index (χ4n) is 4.72. The molecule has 6 rings (SSSR count). The summed E-state index contributed by atoms with van der Waals surface area (Å²) in [6.07, 6.45) is 3.02. The Morgan fingerprint density at radius 1 is 0.674 bits per heavy atom. The fourth-order valence-corrected chi connectivity index (χ4v) is 4.72. The second kappa shape index (κ2) is 14.3. The Balaban J connectivity index is 0.00000417. The first-order chi connectivity index (χ1) is 21.9. The van der Waals surface area contributed by atoms with Gasteiger partial charge in [-0.2, -0.15) is 0 Å². The van der Waals surface area contributed by atoms with Crippen molar-refractivity contribution in [2.24, 2.45) is 0 Å². The molecule has 6 nitrogen and oxygen atoms in total. The van der Waals surface area contributed by atoms with Gasteiger partial charge < -0.3 is 24.3 Å². The van der Waals surface area contributed by atoms with Crippen LogP contribution in [-0.4, -0.2) is 24.1 Å². The molecule has 46 heavy (non-hydrogen) atoms. The number of aromatic nitrogens is 2. The molecular formula is C36H25F3N4O2Pd. The summed E-state index contributed by atoms with van der Waals surface area (Å²) in [7, 11) is 3.23. The molecule has 0 radical (unpaired) electrons. The van der Waals surface area contributed by atoms with E-state index in [1.807, 2.05) is 83.8 Å². The maximum absolute atomic E-state index is 15.2. The standard InChI is InChI=1S/C36H25F3N4O2.Pd/c1-42(33-15-9-10-17-41-33)26-19-27(43(24-11-5-3-6-12-24)25-13-7-4-8-14-25)21-29(20-26)45-32-23-30(34(37)36(39)35(32)38)31-22-28(44-2)16-18-40-31;/h3-19,21-22H,1-2H3;/q-2;+2. The molecule has 0 spiro atoms. The van der Waals surface area contributed by atoms with Crippen molar-refractivity contribution in [2.45, 2.75) is 0 Å². The Morgan fingerprint density at radius 2 is 1.35 bits per heavy atom. The quantitative estimate of drug-likeness (QED) is 0.0849. The molecule has 232 valence electrons. The minimum Gasteiger partial charge on any atom is -0.500 e. The Labute approximate surface area is 278 Å². The number of rotatable bonds is 9. The molecular weight excluding hydrogens is 684 g/mol. The zero-order valence-electron chi connectivity index (χ0n) is 24.5. The molecule has 0 bridgehead atoms. The van der Waals surface area contributed by atoms with Crippen LogP contribution in [0.25, 0.3) is 11.3 Å². The van der Waals surface area contributed by atoms with Gasteiger partial charge in [-0.05, 0) is 54.2 Å². The van der Waals surface area contributed by atoms with Crippen LogP contribution in [0.2, 0.25) is 0 Å². The normalized spacial score (nSPS) is 10.5. The van der Waals surface area contributed by atoms with Crippen molar-refractivity contribution in [3.05, 3.63) is 145 Å². The molecule has 0 N–H and O–H groups in total. The number of hydrogen-bond donors (Lipinski definition) is 0. The molecule has 2 heterocycles. The van der Waals surface area contributed by atoms with E-state index in [0.717, 1.165) is 11.4 Å². The maximum atomic E-state index is 15.2. The van der Waals surface area contributed by atoms with Crippen LogP contribution < -0.4 is 19.3 Å². The van der Waals surface area contributed by atoms with Gasteiger partial charge in [0, 0.05) is 36.6 Å².